The summed E-state index contributed by atoms with van der Waals surface area (Å²) in [7, 11) is 0. The van der Waals surface area contributed by atoms with Crippen molar-refractivity contribution in [2.24, 2.45) is 0 Å². The number of carbonyl (C=O) groups is 1. The van der Waals surface area contributed by atoms with Gasteiger partial charge in [0.2, 0.25) is 5.91 Å². The normalized spacial score (nSPS) is 10.8. The molecule has 0 atom stereocenters. The summed E-state index contributed by atoms with van der Waals surface area (Å²) in [6, 6.07) is 19.3. The van der Waals surface area contributed by atoms with Gasteiger partial charge in [-0.2, -0.15) is 0 Å². The van der Waals surface area contributed by atoms with Crippen molar-refractivity contribution in [3.05, 3.63) is 76.8 Å². The molecule has 0 aliphatic rings. The molecule has 1 aromatic heterocycles. The second-order valence-electron chi connectivity index (χ2n) is 6.85. The van der Waals surface area contributed by atoms with Crippen molar-refractivity contribution in [2.45, 2.75) is 31.3 Å². The highest BCUT2D eigenvalue weighted by atomic mass is 35.5. The van der Waals surface area contributed by atoms with Crippen LogP contribution in [-0.4, -0.2) is 21.9 Å². The molecule has 0 spiro atoms. The molecule has 0 aliphatic heterocycles. The number of rotatable bonds is 8. The van der Waals surface area contributed by atoms with E-state index in [0.717, 1.165) is 11.3 Å². The lowest BCUT2D eigenvalue weighted by molar-refractivity contribution is -0.113. The molecule has 0 fully saturated rings. The molecule has 0 bridgehead atoms. The van der Waals surface area contributed by atoms with Crippen molar-refractivity contribution in [1.82, 2.24) is 10.2 Å². The zero-order valence-corrected chi connectivity index (χ0v) is 17.9. The molecule has 1 amide bonds. The van der Waals surface area contributed by atoms with E-state index < -0.39 is 0 Å². The number of amides is 1. The van der Waals surface area contributed by atoms with Gasteiger partial charge in [-0.3, -0.25) is 4.79 Å². The zero-order valence-electron chi connectivity index (χ0n) is 16.4. The average molecular weight is 427 g/mol. The van der Waals surface area contributed by atoms with E-state index in [1.807, 2.05) is 60.7 Å². The fraction of sp³-hybridized carbons (Fsp3) is 0.227. The number of hydrogen-bond donors (Lipinski definition) is 2. The lowest BCUT2D eigenvalue weighted by Gasteiger charge is -2.08. The lowest BCUT2D eigenvalue weighted by Crippen LogP contribution is -2.14. The van der Waals surface area contributed by atoms with Crippen LogP contribution in [0.3, 0.4) is 0 Å². The Hall–Kier alpha value is -2.57. The number of anilines is 2. The summed E-state index contributed by atoms with van der Waals surface area (Å²) in [5.41, 5.74) is 3.15. The van der Waals surface area contributed by atoms with Gasteiger partial charge in [0.05, 0.1) is 5.75 Å². The van der Waals surface area contributed by atoms with Crippen molar-refractivity contribution in [1.29, 1.82) is 0 Å². The molecular weight excluding hydrogens is 404 g/mol. The molecule has 2 N–H and O–H groups in total. The maximum atomic E-state index is 12.2. The summed E-state index contributed by atoms with van der Waals surface area (Å²) in [6.45, 7) is 4.92. The van der Waals surface area contributed by atoms with Crippen molar-refractivity contribution in [3.8, 4) is 0 Å². The van der Waals surface area contributed by atoms with Crippen LogP contribution in [0.4, 0.5) is 11.5 Å². The van der Waals surface area contributed by atoms with Crippen molar-refractivity contribution < 1.29 is 4.79 Å². The van der Waals surface area contributed by atoms with E-state index in [9.17, 15) is 4.79 Å². The van der Waals surface area contributed by atoms with Crippen LogP contribution in [-0.2, 0) is 11.3 Å². The highest BCUT2D eigenvalue weighted by Crippen LogP contribution is 2.19. The van der Waals surface area contributed by atoms with E-state index in [1.165, 1.54) is 17.3 Å². The summed E-state index contributed by atoms with van der Waals surface area (Å²) in [5, 5.41) is 15.9. The predicted octanol–water partition coefficient (Wildman–Crippen LogP) is 5.60. The monoisotopic (exact) mass is 426 g/mol. The number of hydrogen-bond acceptors (Lipinski definition) is 5. The number of nitrogens with one attached hydrogen (secondary N) is 2. The largest absolute Gasteiger partial charge is 0.365 e. The zero-order chi connectivity index (χ0) is 20.6. The minimum absolute atomic E-state index is 0.0703. The molecule has 2 aromatic carbocycles. The van der Waals surface area contributed by atoms with Crippen LogP contribution in [0, 0.1) is 0 Å². The Morgan fingerprint density at radius 1 is 1.00 bits per heavy atom. The van der Waals surface area contributed by atoms with Gasteiger partial charge >= 0.3 is 0 Å². The molecule has 3 aromatic rings. The second-order valence-corrected chi connectivity index (χ2v) is 8.28. The minimum Gasteiger partial charge on any atom is -0.365 e. The Balaban J connectivity index is 1.44. The first-order valence-electron chi connectivity index (χ1n) is 9.34. The van der Waals surface area contributed by atoms with Crippen LogP contribution in [0.1, 0.15) is 30.9 Å². The highest BCUT2D eigenvalue weighted by molar-refractivity contribution is 7.99. The van der Waals surface area contributed by atoms with E-state index >= 15 is 0 Å². The van der Waals surface area contributed by atoms with E-state index in [2.05, 4.69) is 34.7 Å². The lowest BCUT2D eigenvalue weighted by atomic mass is 10.0. The van der Waals surface area contributed by atoms with Crippen LogP contribution < -0.4 is 10.6 Å². The van der Waals surface area contributed by atoms with E-state index in [-0.39, 0.29) is 11.7 Å². The van der Waals surface area contributed by atoms with Gasteiger partial charge in [0, 0.05) is 17.3 Å². The maximum absolute atomic E-state index is 12.2. The predicted molar refractivity (Wildman–Crippen MR) is 121 cm³/mol. The summed E-state index contributed by atoms with van der Waals surface area (Å²) < 4.78 is 0. The molecule has 1 heterocycles. The third-order valence-electron chi connectivity index (χ3n) is 4.24. The maximum Gasteiger partial charge on any atom is 0.234 e. The molecule has 150 valence electrons. The van der Waals surface area contributed by atoms with Crippen LogP contribution in [0.5, 0.6) is 0 Å². The number of benzene rings is 2. The van der Waals surface area contributed by atoms with E-state index in [4.69, 9.17) is 11.6 Å². The van der Waals surface area contributed by atoms with E-state index in [0.29, 0.717) is 28.3 Å². The van der Waals surface area contributed by atoms with Gasteiger partial charge in [-0.1, -0.05) is 61.5 Å². The van der Waals surface area contributed by atoms with Crippen LogP contribution in [0.2, 0.25) is 5.02 Å². The van der Waals surface area contributed by atoms with Crippen molar-refractivity contribution >= 4 is 40.8 Å². The number of thioether (sulfide) groups is 1. The fourth-order valence-corrected chi connectivity index (χ4v) is 3.31. The van der Waals surface area contributed by atoms with Gasteiger partial charge < -0.3 is 10.6 Å². The first kappa shape index (κ1) is 21.1. The summed E-state index contributed by atoms with van der Waals surface area (Å²) >= 11 is 7.24. The molecule has 7 heteroatoms. The molecule has 5 nitrogen and oxygen atoms in total. The van der Waals surface area contributed by atoms with Crippen LogP contribution >= 0.6 is 23.4 Å². The third kappa shape index (κ3) is 6.76. The fourth-order valence-electron chi connectivity index (χ4n) is 2.57. The number of halogens is 1. The molecule has 0 aliphatic carbocycles. The SMILES string of the molecule is CC(C)c1ccc(NC(=O)CSc2ccc(NCc3ccc(Cl)cc3)nn2)cc1. The Bertz CT molecular complexity index is 929. The number of carbonyl (C=O) groups excluding carboxylic acids is 1. The molecule has 3 rings (SSSR count). The van der Waals surface area contributed by atoms with E-state index in [1.54, 1.807) is 0 Å². The third-order valence-corrected chi connectivity index (χ3v) is 5.41. The summed E-state index contributed by atoms with van der Waals surface area (Å²) in [4.78, 5) is 12.2. The molecule has 0 saturated carbocycles. The standard InChI is InChI=1S/C22H23ClN4OS/c1-15(2)17-5-9-19(10-6-17)25-21(28)14-29-22-12-11-20(26-27-22)24-13-16-3-7-18(23)8-4-16/h3-12,15H,13-14H2,1-2H3,(H,24,26)(H,25,28). The summed E-state index contributed by atoms with van der Waals surface area (Å²) in [6.07, 6.45) is 0. The first-order valence-corrected chi connectivity index (χ1v) is 10.7. The Morgan fingerprint density at radius 2 is 1.72 bits per heavy atom. The molecule has 0 radical (unpaired) electrons. The van der Waals surface area contributed by atoms with Gasteiger partial charge in [-0.25, -0.2) is 0 Å². The molecule has 0 unspecified atom stereocenters. The smallest absolute Gasteiger partial charge is 0.234 e. The Morgan fingerprint density at radius 3 is 2.34 bits per heavy atom. The minimum atomic E-state index is -0.0703. The van der Waals surface area contributed by atoms with Crippen LogP contribution in [0.25, 0.3) is 0 Å². The first-order chi connectivity index (χ1) is 14.0. The Labute approximate surface area is 180 Å². The Kier molecular flexibility index (Phi) is 7.49. The molecule has 29 heavy (non-hydrogen) atoms. The van der Waals surface area contributed by atoms with Crippen molar-refractivity contribution in [2.75, 3.05) is 16.4 Å². The number of nitrogens with zero attached hydrogens (tertiary/aromatic N) is 2. The van der Waals surface area contributed by atoms with Gasteiger partial charge in [0.1, 0.15) is 10.8 Å². The van der Waals surface area contributed by atoms with Crippen LogP contribution in [0.15, 0.2) is 65.7 Å². The van der Waals surface area contributed by atoms with Crippen molar-refractivity contribution in [3.63, 3.8) is 0 Å². The topological polar surface area (TPSA) is 66.9 Å². The van der Waals surface area contributed by atoms with Gasteiger partial charge in [-0.15, -0.1) is 10.2 Å². The van der Waals surface area contributed by atoms with Gasteiger partial charge in [0.15, 0.2) is 0 Å². The number of aromatic nitrogens is 2. The van der Waals surface area contributed by atoms with Gasteiger partial charge in [0.25, 0.3) is 0 Å². The quantitative estimate of drug-likeness (QED) is 0.459. The van der Waals surface area contributed by atoms with Gasteiger partial charge in [-0.05, 0) is 53.4 Å². The second kappa shape index (κ2) is 10.3. The molecule has 0 saturated heterocycles. The highest BCUT2D eigenvalue weighted by Gasteiger charge is 2.06. The summed E-state index contributed by atoms with van der Waals surface area (Å²) in [5.74, 6) is 1.36. The molecular formula is C22H23ClN4OS. The average Bonchev–Trinajstić information content (AvgIpc) is 2.73.